The molecule has 1 N–H and O–H groups in total. The highest BCUT2D eigenvalue weighted by molar-refractivity contribution is 5.71. The third-order valence-corrected chi connectivity index (χ3v) is 2.67. The first-order chi connectivity index (χ1) is 8.25. The van der Waals surface area contributed by atoms with Gasteiger partial charge < -0.3 is 10.0 Å². The van der Waals surface area contributed by atoms with Gasteiger partial charge in [-0.2, -0.15) is 5.10 Å². The largest absolute Gasteiger partial charge is 0.481 e. The molecule has 1 rings (SSSR count). The summed E-state index contributed by atoms with van der Waals surface area (Å²) >= 11 is 0. The molecule has 0 saturated carbocycles. The van der Waals surface area contributed by atoms with E-state index in [9.17, 15) is 14.9 Å². The Balaban J connectivity index is 3.09. The van der Waals surface area contributed by atoms with E-state index < -0.39 is 16.8 Å². The number of hydrogen-bond acceptors (Lipinski definition) is 5. The summed E-state index contributed by atoms with van der Waals surface area (Å²) in [6.07, 6.45) is 0. The number of nitrogens with zero attached hydrogens (tertiary/aromatic N) is 4. The smallest absolute Gasteiger partial charge is 0.333 e. The Kier molecular flexibility index (Phi) is 3.89. The highest BCUT2D eigenvalue weighted by Crippen LogP contribution is 2.30. The molecule has 1 aromatic rings. The minimum absolute atomic E-state index is 0.0856. The summed E-state index contributed by atoms with van der Waals surface area (Å²) in [5, 5.41) is 23.8. The van der Waals surface area contributed by atoms with Gasteiger partial charge >= 0.3 is 11.7 Å². The van der Waals surface area contributed by atoms with Gasteiger partial charge in [0.2, 0.25) is 5.82 Å². The Morgan fingerprint density at radius 1 is 1.67 bits per heavy atom. The fourth-order valence-electron chi connectivity index (χ4n) is 1.85. The first kappa shape index (κ1) is 13.9. The minimum Gasteiger partial charge on any atom is -0.481 e. The molecule has 1 unspecified atom stereocenters. The molecule has 1 heterocycles. The summed E-state index contributed by atoms with van der Waals surface area (Å²) in [5.74, 6) is -1.25. The zero-order valence-corrected chi connectivity index (χ0v) is 10.7. The topological polar surface area (TPSA) is 102 Å². The average Bonchev–Trinajstić information content (AvgIpc) is 2.52. The van der Waals surface area contributed by atoms with Crippen molar-refractivity contribution in [3.63, 3.8) is 0 Å². The summed E-state index contributed by atoms with van der Waals surface area (Å²) in [5.41, 5.74) is 0.227. The van der Waals surface area contributed by atoms with Crippen LogP contribution in [0.15, 0.2) is 0 Å². The van der Waals surface area contributed by atoms with Gasteiger partial charge in [0.25, 0.3) is 0 Å². The molecule has 8 heteroatoms. The van der Waals surface area contributed by atoms with Gasteiger partial charge in [0, 0.05) is 20.6 Å². The zero-order valence-electron chi connectivity index (χ0n) is 10.7. The van der Waals surface area contributed by atoms with Crippen molar-refractivity contribution in [2.45, 2.75) is 13.8 Å². The molecule has 1 aromatic heterocycles. The van der Waals surface area contributed by atoms with Crippen molar-refractivity contribution in [1.29, 1.82) is 0 Å². The fourth-order valence-corrected chi connectivity index (χ4v) is 1.85. The van der Waals surface area contributed by atoms with E-state index in [4.69, 9.17) is 5.11 Å². The van der Waals surface area contributed by atoms with Crippen LogP contribution in [0.1, 0.15) is 12.6 Å². The van der Waals surface area contributed by atoms with E-state index in [0.29, 0.717) is 11.5 Å². The molecule has 0 radical (unpaired) electrons. The Morgan fingerprint density at radius 3 is 2.67 bits per heavy atom. The van der Waals surface area contributed by atoms with Crippen molar-refractivity contribution in [3.8, 4) is 0 Å². The SMILES string of the molecule is Cc1nn(C)c(N(C)CC(C)C(=O)O)c1[N+](=O)[O-]. The van der Waals surface area contributed by atoms with Crippen LogP contribution in [0.5, 0.6) is 0 Å². The van der Waals surface area contributed by atoms with Crippen molar-refractivity contribution in [2.24, 2.45) is 13.0 Å². The van der Waals surface area contributed by atoms with Gasteiger partial charge in [0.1, 0.15) is 5.69 Å². The van der Waals surface area contributed by atoms with Crippen molar-refractivity contribution in [3.05, 3.63) is 15.8 Å². The van der Waals surface area contributed by atoms with Crippen molar-refractivity contribution in [1.82, 2.24) is 9.78 Å². The Hall–Kier alpha value is -2.12. The van der Waals surface area contributed by atoms with Crippen LogP contribution < -0.4 is 4.90 Å². The highest BCUT2D eigenvalue weighted by atomic mass is 16.6. The van der Waals surface area contributed by atoms with Gasteiger partial charge in [-0.05, 0) is 6.92 Å². The van der Waals surface area contributed by atoms with Gasteiger partial charge in [-0.1, -0.05) is 6.92 Å². The van der Waals surface area contributed by atoms with E-state index in [1.807, 2.05) is 0 Å². The number of anilines is 1. The lowest BCUT2D eigenvalue weighted by Gasteiger charge is -2.20. The van der Waals surface area contributed by atoms with Crippen LogP contribution in [0.3, 0.4) is 0 Å². The minimum atomic E-state index is -0.941. The van der Waals surface area contributed by atoms with Crippen LogP contribution >= 0.6 is 0 Å². The molecule has 0 saturated heterocycles. The Labute approximate surface area is 104 Å². The third kappa shape index (κ3) is 2.58. The van der Waals surface area contributed by atoms with Crippen LogP contribution in [-0.2, 0) is 11.8 Å². The molecule has 0 fully saturated rings. The van der Waals surface area contributed by atoms with Crippen LogP contribution in [0, 0.1) is 23.0 Å². The molecule has 100 valence electrons. The van der Waals surface area contributed by atoms with Crippen LogP contribution in [0.4, 0.5) is 11.5 Å². The van der Waals surface area contributed by atoms with E-state index >= 15 is 0 Å². The number of hydrogen-bond donors (Lipinski definition) is 1. The first-order valence-electron chi connectivity index (χ1n) is 5.37. The lowest BCUT2D eigenvalue weighted by Crippen LogP contribution is -2.30. The number of carboxylic acid groups (broad SMARTS) is 1. The standard InChI is InChI=1S/C10H16N4O4/c1-6(10(15)16)5-12(3)9-8(14(17)18)7(2)11-13(9)4/h6H,5H2,1-4H3,(H,15,16). The van der Waals surface area contributed by atoms with Gasteiger partial charge in [-0.25, -0.2) is 4.68 Å². The Bertz CT molecular complexity index is 482. The number of aromatic nitrogens is 2. The molecule has 8 nitrogen and oxygen atoms in total. The number of carbonyl (C=O) groups is 1. The number of carboxylic acids is 1. The number of aryl methyl sites for hydroxylation is 2. The van der Waals surface area contributed by atoms with Gasteiger partial charge in [-0.15, -0.1) is 0 Å². The van der Waals surface area contributed by atoms with Crippen LogP contribution in [0.25, 0.3) is 0 Å². The average molecular weight is 256 g/mol. The number of nitro groups is 1. The second kappa shape index (κ2) is 5.03. The van der Waals surface area contributed by atoms with Crippen LogP contribution in [-0.4, -0.2) is 39.4 Å². The van der Waals surface area contributed by atoms with E-state index in [0.717, 1.165) is 0 Å². The molecule has 0 spiro atoms. The van der Waals surface area contributed by atoms with Gasteiger partial charge in [0.15, 0.2) is 0 Å². The summed E-state index contributed by atoms with van der Waals surface area (Å²) in [6.45, 7) is 3.28. The highest BCUT2D eigenvalue weighted by Gasteiger charge is 2.28. The van der Waals surface area contributed by atoms with Crippen molar-refractivity contribution >= 4 is 17.5 Å². The molecular formula is C10H16N4O4. The third-order valence-electron chi connectivity index (χ3n) is 2.67. The second-order valence-electron chi connectivity index (χ2n) is 4.26. The summed E-state index contributed by atoms with van der Waals surface area (Å²) in [6, 6.07) is 0. The zero-order chi connectivity index (χ0) is 14.0. The fraction of sp³-hybridized carbons (Fsp3) is 0.600. The molecule has 0 aliphatic carbocycles. The second-order valence-corrected chi connectivity index (χ2v) is 4.26. The summed E-state index contributed by atoms with van der Waals surface area (Å²) in [7, 11) is 3.21. The predicted molar refractivity (Wildman–Crippen MR) is 64.7 cm³/mol. The van der Waals surface area contributed by atoms with E-state index in [2.05, 4.69) is 5.10 Å². The molecule has 1 atom stereocenters. The number of aliphatic carboxylic acids is 1. The molecule has 0 aliphatic rings. The lowest BCUT2D eigenvalue weighted by molar-refractivity contribution is -0.384. The van der Waals surface area contributed by atoms with Gasteiger partial charge in [-0.3, -0.25) is 14.9 Å². The maximum atomic E-state index is 11.0. The van der Waals surface area contributed by atoms with Crippen LogP contribution in [0.2, 0.25) is 0 Å². The first-order valence-corrected chi connectivity index (χ1v) is 5.37. The molecule has 0 aromatic carbocycles. The normalized spacial score (nSPS) is 12.2. The molecule has 0 amide bonds. The maximum absolute atomic E-state index is 11.0. The predicted octanol–water partition coefficient (Wildman–Crippen LogP) is 0.794. The maximum Gasteiger partial charge on any atom is 0.333 e. The van der Waals surface area contributed by atoms with Crippen molar-refractivity contribution < 1.29 is 14.8 Å². The monoisotopic (exact) mass is 256 g/mol. The van der Waals surface area contributed by atoms with E-state index in [-0.39, 0.29) is 12.2 Å². The quantitative estimate of drug-likeness (QED) is 0.617. The van der Waals surface area contributed by atoms with Gasteiger partial charge in [0.05, 0.1) is 10.8 Å². The molecule has 0 bridgehead atoms. The lowest BCUT2D eigenvalue weighted by atomic mass is 10.2. The number of rotatable bonds is 5. The van der Waals surface area contributed by atoms with E-state index in [1.54, 1.807) is 27.9 Å². The Morgan fingerprint density at radius 2 is 2.22 bits per heavy atom. The molecular weight excluding hydrogens is 240 g/mol. The molecule has 0 aliphatic heterocycles. The summed E-state index contributed by atoms with van der Waals surface area (Å²) < 4.78 is 1.39. The van der Waals surface area contributed by atoms with E-state index in [1.165, 1.54) is 9.58 Å². The van der Waals surface area contributed by atoms with Crippen molar-refractivity contribution in [2.75, 3.05) is 18.5 Å². The summed E-state index contributed by atoms with van der Waals surface area (Å²) in [4.78, 5) is 22.8. The molecule has 18 heavy (non-hydrogen) atoms.